The second kappa shape index (κ2) is 4.63. The molecular weight excluding hydrogens is 200 g/mol. The Morgan fingerprint density at radius 2 is 2.25 bits per heavy atom. The number of hydrogen-bond donors (Lipinski definition) is 1. The lowest BCUT2D eigenvalue weighted by molar-refractivity contribution is -0.0206. The Kier molecular flexibility index (Phi) is 3.57. The van der Waals surface area contributed by atoms with Gasteiger partial charge < -0.3 is 4.74 Å². The van der Waals surface area contributed by atoms with Crippen molar-refractivity contribution in [3.05, 3.63) is 0 Å². The summed E-state index contributed by atoms with van der Waals surface area (Å²) in [6.07, 6.45) is 3.79. The van der Waals surface area contributed by atoms with Crippen molar-refractivity contribution in [3.8, 4) is 0 Å². The van der Waals surface area contributed by atoms with E-state index in [0.29, 0.717) is 18.1 Å². The molecule has 0 saturated carbocycles. The van der Waals surface area contributed by atoms with Crippen LogP contribution in [0.1, 0.15) is 47.0 Å². The van der Waals surface area contributed by atoms with Crippen LogP contribution in [0.2, 0.25) is 0 Å². The molecule has 16 heavy (non-hydrogen) atoms. The molecular formula is C13H26N2O. The van der Waals surface area contributed by atoms with Crippen LogP contribution in [0.25, 0.3) is 0 Å². The van der Waals surface area contributed by atoms with Crippen LogP contribution in [-0.4, -0.2) is 41.9 Å². The zero-order valence-corrected chi connectivity index (χ0v) is 11.1. The minimum absolute atomic E-state index is 0.0957. The number of nitrogens with one attached hydrogen (secondary N) is 1. The van der Waals surface area contributed by atoms with Gasteiger partial charge in [0.25, 0.3) is 0 Å². The third-order valence-electron chi connectivity index (χ3n) is 3.91. The summed E-state index contributed by atoms with van der Waals surface area (Å²) in [6.45, 7) is 11.1. The van der Waals surface area contributed by atoms with Gasteiger partial charge in [0, 0.05) is 24.5 Å². The van der Waals surface area contributed by atoms with E-state index >= 15 is 0 Å². The Morgan fingerprint density at radius 3 is 2.81 bits per heavy atom. The first-order valence-electron chi connectivity index (χ1n) is 6.67. The van der Waals surface area contributed by atoms with Crippen molar-refractivity contribution in [1.82, 2.24) is 10.2 Å². The molecule has 94 valence electrons. The molecule has 0 amide bonds. The molecule has 2 aliphatic rings. The van der Waals surface area contributed by atoms with Crippen molar-refractivity contribution in [2.24, 2.45) is 0 Å². The van der Waals surface area contributed by atoms with Gasteiger partial charge in [0.05, 0.1) is 6.61 Å². The smallest absolute Gasteiger partial charge is 0.118 e. The van der Waals surface area contributed by atoms with Gasteiger partial charge in [-0.15, -0.1) is 0 Å². The highest BCUT2D eigenvalue weighted by Gasteiger charge is 2.38. The van der Waals surface area contributed by atoms with E-state index in [1.807, 2.05) is 0 Å². The van der Waals surface area contributed by atoms with Gasteiger partial charge in [-0.1, -0.05) is 0 Å². The number of hydrogen-bond acceptors (Lipinski definition) is 3. The molecule has 3 unspecified atom stereocenters. The predicted octanol–water partition coefficient (Wildman–Crippen LogP) is 1.97. The molecule has 3 nitrogen and oxygen atoms in total. The SMILES string of the molecule is CC1COC(C)(CC2CCCN2C(C)C)N1. The van der Waals surface area contributed by atoms with E-state index < -0.39 is 0 Å². The molecule has 3 heteroatoms. The first-order chi connectivity index (χ1) is 7.50. The van der Waals surface area contributed by atoms with E-state index in [0.717, 1.165) is 13.0 Å². The van der Waals surface area contributed by atoms with Gasteiger partial charge in [0.15, 0.2) is 0 Å². The Hall–Kier alpha value is -0.120. The molecule has 3 atom stereocenters. The van der Waals surface area contributed by atoms with Gasteiger partial charge in [-0.25, -0.2) is 0 Å². The van der Waals surface area contributed by atoms with Gasteiger partial charge in [-0.3, -0.25) is 10.2 Å². The second-order valence-corrected chi connectivity index (χ2v) is 5.92. The average Bonchev–Trinajstić information content (AvgIpc) is 2.74. The van der Waals surface area contributed by atoms with Crippen LogP contribution in [0, 0.1) is 0 Å². The Balaban J connectivity index is 1.93. The lowest BCUT2D eigenvalue weighted by Crippen LogP contribution is -2.47. The highest BCUT2D eigenvalue weighted by Crippen LogP contribution is 2.30. The highest BCUT2D eigenvalue weighted by molar-refractivity contribution is 4.91. The van der Waals surface area contributed by atoms with Crippen molar-refractivity contribution in [3.63, 3.8) is 0 Å². The van der Waals surface area contributed by atoms with Crippen molar-refractivity contribution < 1.29 is 4.74 Å². The quantitative estimate of drug-likeness (QED) is 0.796. The van der Waals surface area contributed by atoms with E-state index in [-0.39, 0.29) is 5.72 Å². The summed E-state index contributed by atoms with van der Waals surface area (Å²) in [7, 11) is 0. The molecule has 2 heterocycles. The Morgan fingerprint density at radius 1 is 1.50 bits per heavy atom. The minimum atomic E-state index is -0.0957. The van der Waals surface area contributed by atoms with Crippen LogP contribution in [0.5, 0.6) is 0 Å². The maximum Gasteiger partial charge on any atom is 0.118 e. The summed E-state index contributed by atoms with van der Waals surface area (Å²) in [5, 5.41) is 3.57. The van der Waals surface area contributed by atoms with Crippen molar-refractivity contribution >= 4 is 0 Å². The van der Waals surface area contributed by atoms with E-state index in [9.17, 15) is 0 Å². The van der Waals surface area contributed by atoms with Crippen molar-refractivity contribution in [2.75, 3.05) is 13.2 Å². The van der Waals surface area contributed by atoms with Crippen LogP contribution in [-0.2, 0) is 4.74 Å². The molecule has 2 fully saturated rings. The zero-order chi connectivity index (χ0) is 11.8. The molecule has 0 spiro atoms. The summed E-state index contributed by atoms with van der Waals surface area (Å²) in [5.41, 5.74) is -0.0957. The van der Waals surface area contributed by atoms with Gasteiger partial charge in [0.2, 0.25) is 0 Å². The van der Waals surface area contributed by atoms with Gasteiger partial charge in [-0.05, 0) is 47.1 Å². The van der Waals surface area contributed by atoms with E-state index in [1.54, 1.807) is 0 Å². The molecule has 0 radical (unpaired) electrons. The Bertz CT molecular complexity index is 244. The lowest BCUT2D eigenvalue weighted by atomic mass is 10.0. The number of rotatable bonds is 3. The van der Waals surface area contributed by atoms with Crippen molar-refractivity contribution in [1.29, 1.82) is 0 Å². The van der Waals surface area contributed by atoms with Crippen LogP contribution in [0.15, 0.2) is 0 Å². The maximum atomic E-state index is 5.90. The molecule has 0 aliphatic carbocycles. The van der Waals surface area contributed by atoms with E-state index in [4.69, 9.17) is 4.74 Å². The maximum absolute atomic E-state index is 5.90. The van der Waals surface area contributed by atoms with Crippen molar-refractivity contribution in [2.45, 2.75) is 70.8 Å². The predicted molar refractivity (Wildman–Crippen MR) is 66.4 cm³/mol. The van der Waals surface area contributed by atoms with E-state index in [1.165, 1.54) is 19.4 Å². The van der Waals surface area contributed by atoms with Crippen LogP contribution in [0.3, 0.4) is 0 Å². The summed E-state index contributed by atoms with van der Waals surface area (Å²) in [6, 6.07) is 1.86. The first-order valence-corrected chi connectivity index (χ1v) is 6.67. The lowest BCUT2D eigenvalue weighted by Gasteiger charge is -2.34. The zero-order valence-electron chi connectivity index (χ0n) is 11.1. The molecule has 2 saturated heterocycles. The fourth-order valence-corrected chi connectivity index (χ4v) is 3.24. The molecule has 0 bridgehead atoms. The second-order valence-electron chi connectivity index (χ2n) is 5.92. The Labute approximate surface area is 99.5 Å². The van der Waals surface area contributed by atoms with E-state index in [2.05, 4.69) is 37.9 Å². The number of ether oxygens (including phenoxy) is 1. The summed E-state index contributed by atoms with van der Waals surface area (Å²) in [5.74, 6) is 0. The topological polar surface area (TPSA) is 24.5 Å². The van der Waals surface area contributed by atoms with Crippen LogP contribution >= 0.6 is 0 Å². The monoisotopic (exact) mass is 226 g/mol. The molecule has 0 aromatic carbocycles. The number of likely N-dealkylation sites (tertiary alicyclic amines) is 1. The normalized spacial score (nSPS) is 41.1. The molecule has 0 aromatic heterocycles. The third-order valence-corrected chi connectivity index (χ3v) is 3.91. The average molecular weight is 226 g/mol. The summed E-state index contributed by atoms with van der Waals surface area (Å²) in [4.78, 5) is 2.62. The first kappa shape index (κ1) is 12.3. The van der Waals surface area contributed by atoms with Gasteiger partial charge in [-0.2, -0.15) is 0 Å². The minimum Gasteiger partial charge on any atom is -0.359 e. The molecule has 2 aliphatic heterocycles. The fourth-order valence-electron chi connectivity index (χ4n) is 3.24. The fraction of sp³-hybridized carbons (Fsp3) is 1.00. The van der Waals surface area contributed by atoms with Gasteiger partial charge in [0.1, 0.15) is 5.72 Å². The standard InChI is InChI=1S/C13H26N2O/c1-10(2)15-7-5-6-12(15)8-13(4)14-11(3)9-16-13/h10-12,14H,5-9H2,1-4H3. The molecule has 0 aromatic rings. The summed E-state index contributed by atoms with van der Waals surface area (Å²) >= 11 is 0. The molecule has 1 N–H and O–H groups in total. The highest BCUT2D eigenvalue weighted by atomic mass is 16.5. The summed E-state index contributed by atoms with van der Waals surface area (Å²) < 4.78 is 5.90. The third kappa shape index (κ3) is 2.58. The number of nitrogens with zero attached hydrogens (tertiary/aromatic N) is 1. The van der Waals surface area contributed by atoms with Crippen LogP contribution in [0.4, 0.5) is 0 Å². The molecule has 2 rings (SSSR count). The van der Waals surface area contributed by atoms with Crippen LogP contribution < -0.4 is 5.32 Å². The van der Waals surface area contributed by atoms with Gasteiger partial charge >= 0.3 is 0 Å². The largest absolute Gasteiger partial charge is 0.359 e.